The van der Waals surface area contributed by atoms with E-state index >= 15 is 0 Å². The molecule has 102 valence electrons. The van der Waals surface area contributed by atoms with E-state index in [9.17, 15) is 0 Å². The third-order valence-corrected chi connectivity index (χ3v) is 3.37. The van der Waals surface area contributed by atoms with Crippen molar-refractivity contribution < 1.29 is 4.74 Å². The summed E-state index contributed by atoms with van der Waals surface area (Å²) >= 11 is 6.04. The average Bonchev–Trinajstić information content (AvgIpc) is 2.36. The molecule has 0 heterocycles. The van der Waals surface area contributed by atoms with Gasteiger partial charge in [0.25, 0.3) is 0 Å². The maximum absolute atomic E-state index is 6.04. The van der Waals surface area contributed by atoms with E-state index in [4.69, 9.17) is 16.3 Å². The Morgan fingerprint density at radius 3 is 2.67 bits per heavy atom. The van der Waals surface area contributed by atoms with E-state index < -0.39 is 0 Å². The lowest BCUT2D eigenvalue weighted by Gasteiger charge is -2.18. The minimum absolute atomic E-state index is 0.587. The highest BCUT2D eigenvalue weighted by molar-refractivity contribution is 6.30. The molecule has 0 bridgehead atoms. The highest BCUT2D eigenvalue weighted by Gasteiger charge is 2.09. The van der Waals surface area contributed by atoms with Crippen LogP contribution in [0, 0.1) is 0 Å². The molecule has 0 aliphatic rings. The van der Waals surface area contributed by atoms with Crippen LogP contribution in [0.15, 0.2) is 18.2 Å². The molecule has 1 N–H and O–H groups in total. The van der Waals surface area contributed by atoms with Gasteiger partial charge in [-0.2, -0.15) is 0 Å². The Bertz CT molecular complexity index is 348. The van der Waals surface area contributed by atoms with E-state index in [1.165, 1.54) is 18.4 Å². The minimum Gasteiger partial charge on any atom is -0.496 e. The molecule has 0 amide bonds. The number of hydrogen-bond donors (Lipinski definition) is 1. The van der Waals surface area contributed by atoms with Gasteiger partial charge in [0.1, 0.15) is 5.75 Å². The molecule has 1 atom stereocenters. The van der Waals surface area contributed by atoms with Crippen LogP contribution in [0.3, 0.4) is 0 Å². The summed E-state index contributed by atoms with van der Waals surface area (Å²) in [7, 11) is 1.71. The van der Waals surface area contributed by atoms with Crippen molar-refractivity contribution in [1.29, 1.82) is 0 Å². The van der Waals surface area contributed by atoms with E-state index in [1.54, 1.807) is 7.11 Å². The molecule has 1 aromatic carbocycles. The summed E-state index contributed by atoms with van der Waals surface area (Å²) in [6.45, 7) is 5.41. The van der Waals surface area contributed by atoms with Crippen molar-refractivity contribution >= 4 is 11.6 Å². The number of nitrogens with one attached hydrogen (secondary N) is 1. The Kier molecular flexibility index (Phi) is 7.14. The molecule has 0 spiro atoms. The molecule has 18 heavy (non-hydrogen) atoms. The van der Waals surface area contributed by atoms with E-state index in [-0.39, 0.29) is 0 Å². The first-order chi connectivity index (χ1) is 8.71. The van der Waals surface area contributed by atoms with Crippen LogP contribution in [-0.4, -0.2) is 19.7 Å². The molecule has 0 aliphatic carbocycles. The average molecular weight is 270 g/mol. The molecule has 3 heteroatoms. The lowest BCUT2D eigenvalue weighted by Crippen LogP contribution is -2.29. The lowest BCUT2D eigenvalue weighted by molar-refractivity contribution is 0.404. The van der Waals surface area contributed by atoms with Gasteiger partial charge in [0.15, 0.2) is 0 Å². The second kappa shape index (κ2) is 8.39. The lowest BCUT2D eigenvalue weighted by atomic mass is 10.0. The molecule has 0 fully saturated rings. The predicted molar refractivity (Wildman–Crippen MR) is 78.7 cm³/mol. The molecule has 0 aromatic heterocycles. The van der Waals surface area contributed by atoms with Crippen LogP contribution in [0.2, 0.25) is 5.02 Å². The fourth-order valence-electron chi connectivity index (χ4n) is 2.26. The van der Waals surface area contributed by atoms with Gasteiger partial charge >= 0.3 is 0 Å². The minimum atomic E-state index is 0.587. The number of rotatable bonds is 8. The number of benzene rings is 1. The van der Waals surface area contributed by atoms with Gasteiger partial charge in [-0.25, -0.2) is 0 Å². The van der Waals surface area contributed by atoms with E-state index in [0.717, 1.165) is 30.2 Å². The summed E-state index contributed by atoms with van der Waals surface area (Å²) in [5.74, 6) is 0.936. The number of aryl methyl sites for hydroxylation is 1. The Balaban J connectivity index is 2.62. The summed E-state index contributed by atoms with van der Waals surface area (Å²) in [5, 5.41) is 4.31. The smallest absolute Gasteiger partial charge is 0.122 e. The van der Waals surface area contributed by atoms with E-state index in [2.05, 4.69) is 19.2 Å². The summed E-state index contributed by atoms with van der Waals surface area (Å²) in [5.41, 5.74) is 1.20. The van der Waals surface area contributed by atoms with Crippen molar-refractivity contribution in [2.24, 2.45) is 0 Å². The largest absolute Gasteiger partial charge is 0.496 e. The van der Waals surface area contributed by atoms with Crippen LogP contribution < -0.4 is 10.1 Å². The summed E-state index contributed by atoms with van der Waals surface area (Å²) in [6, 6.07) is 6.41. The van der Waals surface area contributed by atoms with Gasteiger partial charge < -0.3 is 10.1 Å². The van der Waals surface area contributed by atoms with Crippen LogP contribution in [0.1, 0.15) is 38.7 Å². The van der Waals surface area contributed by atoms with Crippen molar-refractivity contribution in [2.45, 2.75) is 45.6 Å². The van der Waals surface area contributed by atoms with Crippen LogP contribution >= 0.6 is 11.6 Å². The van der Waals surface area contributed by atoms with E-state index in [1.807, 2.05) is 18.2 Å². The van der Waals surface area contributed by atoms with Gasteiger partial charge in [-0.3, -0.25) is 0 Å². The Hall–Kier alpha value is -0.730. The SMILES string of the molecule is CCCC(CCc1cc(Cl)ccc1OC)NCC. The summed E-state index contributed by atoms with van der Waals surface area (Å²) in [6.07, 6.45) is 4.56. The van der Waals surface area contributed by atoms with Crippen LogP contribution in [0.4, 0.5) is 0 Å². The molecule has 1 rings (SSSR count). The Morgan fingerprint density at radius 1 is 1.28 bits per heavy atom. The second-order valence-electron chi connectivity index (χ2n) is 4.54. The standard InChI is InChI=1S/C15H24ClNO/c1-4-6-14(17-5-2)9-7-12-11-13(16)8-10-15(12)18-3/h8,10-11,14,17H,4-7,9H2,1-3H3. The first-order valence-electron chi connectivity index (χ1n) is 6.77. The molecule has 0 saturated heterocycles. The topological polar surface area (TPSA) is 21.3 Å². The zero-order valence-electron chi connectivity index (χ0n) is 11.6. The molecular formula is C15H24ClNO. The van der Waals surface area contributed by atoms with Gasteiger partial charge in [0.2, 0.25) is 0 Å². The molecule has 1 unspecified atom stereocenters. The third-order valence-electron chi connectivity index (χ3n) is 3.13. The molecule has 0 radical (unpaired) electrons. The molecule has 1 aromatic rings. The first-order valence-corrected chi connectivity index (χ1v) is 7.14. The summed E-state index contributed by atoms with van der Waals surface area (Å²) in [4.78, 5) is 0. The Labute approximate surface area is 116 Å². The van der Waals surface area contributed by atoms with Gasteiger partial charge in [-0.05, 0) is 49.6 Å². The molecule has 0 aliphatic heterocycles. The van der Waals surface area contributed by atoms with Gasteiger partial charge in [-0.1, -0.05) is 31.9 Å². The highest BCUT2D eigenvalue weighted by atomic mass is 35.5. The normalized spacial score (nSPS) is 12.4. The zero-order chi connectivity index (χ0) is 13.4. The number of halogens is 1. The number of hydrogen-bond acceptors (Lipinski definition) is 2. The summed E-state index contributed by atoms with van der Waals surface area (Å²) < 4.78 is 5.37. The van der Waals surface area contributed by atoms with Crippen molar-refractivity contribution in [3.05, 3.63) is 28.8 Å². The second-order valence-corrected chi connectivity index (χ2v) is 4.97. The van der Waals surface area contributed by atoms with Gasteiger partial charge in [-0.15, -0.1) is 0 Å². The van der Waals surface area contributed by atoms with Crippen molar-refractivity contribution in [3.63, 3.8) is 0 Å². The van der Waals surface area contributed by atoms with Crippen molar-refractivity contribution in [2.75, 3.05) is 13.7 Å². The number of methoxy groups -OCH3 is 1. The maximum Gasteiger partial charge on any atom is 0.122 e. The predicted octanol–water partition coefficient (Wildman–Crippen LogP) is 4.06. The molecule has 2 nitrogen and oxygen atoms in total. The first kappa shape index (κ1) is 15.3. The number of ether oxygens (including phenoxy) is 1. The van der Waals surface area contributed by atoms with Gasteiger partial charge in [0, 0.05) is 11.1 Å². The highest BCUT2D eigenvalue weighted by Crippen LogP contribution is 2.24. The van der Waals surface area contributed by atoms with Crippen LogP contribution in [-0.2, 0) is 6.42 Å². The fraction of sp³-hybridized carbons (Fsp3) is 0.600. The monoisotopic (exact) mass is 269 g/mol. The molecule has 0 saturated carbocycles. The van der Waals surface area contributed by atoms with Crippen molar-refractivity contribution in [3.8, 4) is 5.75 Å². The fourth-order valence-corrected chi connectivity index (χ4v) is 2.45. The van der Waals surface area contributed by atoms with Crippen molar-refractivity contribution in [1.82, 2.24) is 5.32 Å². The van der Waals surface area contributed by atoms with Crippen LogP contribution in [0.5, 0.6) is 5.75 Å². The quantitative estimate of drug-likeness (QED) is 0.768. The van der Waals surface area contributed by atoms with Crippen LogP contribution in [0.25, 0.3) is 0 Å². The Morgan fingerprint density at radius 2 is 2.06 bits per heavy atom. The maximum atomic E-state index is 6.04. The molecular weight excluding hydrogens is 246 g/mol. The zero-order valence-corrected chi connectivity index (χ0v) is 12.4. The van der Waals surface area contributed by atoms with E-state index in [0.29, 0.717) is 6.04 Å². The third kappa shape index (κ3) is 4.87. The van der Waals surface area contributed by atoms with Gasteiger partial charge in [0.05, 0.1) is 7.11 Å².